The molecule has 1 fully saturated rings. The second kappa shape index (κ2) is 15.2. The molecule has 0 aromatic carbocycles. The lowest BCUT2D eigenvalue weighted by Gasteiger charge is -2.43. The summed E-state index contributed by atoms with van der Waals surface area (Å²) in [6, 6.07) is 0. The van der Waals surface area contributed by atoms with E-state index in [-0.39, 0.29) is 5.78 Å². The van der Waals surface area contributed by atoms with Crippen LogP contribution in [0.3, 0.4) is 0 Å². The van der Waals surface area contributed by atoms with Gasteiger partial charge >= 0.3 is 0 Å². The first-order valence-electron chi connectivity index (χ1n) is 12.4. The Morgan fingerprint density at radius 2 is 1.44 bits per heavy atom. The van der Waals surface area contributed by atoms with E-state index in [9.17, 15) is 18.3 Å². The van der Waals surface area contributed by atoms with Crippen LogP contribution in [0.2, 0.25) is 0 Å². The van der Waals surface area contributed by atoms with E-state index in [1.54, 1.807) is 6.92 Å². The summed E-state index contributed by atoms with van der Waals surface area (Å²) in [5.74, 6) is -0.377. The quantitative estimate of drug-likeness (QED) is 0.136. The highest BCUT2D eigenvalue weighted by Crippen LogP contribution is 2.15. The van der Waals surface area contributed by atoms with E-state index in [0.29, 0.717) is 23.0 Å². The predicted molar refractivity (Wildman–Crippen MR) is 130 cm³/mol. The lowest BCUT2D eigenvalue weighted by atomic mass is 10.0. The summed E-state index contributed by atoms with van der Waals surface area (Å²) in [6.07, 6.45) is 11.9. The van der Waals surface area contributed by atoms with Gasteiger partial charge in [0.25, 0.3) is 10.1 Å². The summed E-state index contributed by atoms with van der Waals surface area (Å²) in [6.45, 7) is 10.7. The summed E-state index contributed by atoms with van der Waals surface area (Å²) in [7, 11) is -2.08. The highest BCUT2D eigenvalue weighted by Gasteiger charge is 2.32. The number of Topliss-reactive ketones (excluding diaryl/α,β-unsaturated/α-hetero) is 1. The first kappa shape index (κ1) is 29.2. The minimum Gasteiger partial charge on any atom is -0.386 e. The molecule has 1 heterocycles. The number of rotatable bonds is 18. The standard InChI is InChI=1S/C24H46N2O5S/c1-22(2)24(28)14-12-10-8-6-4-5-7-9-11-13-15-25-16-18-26(3,19-17-25)20-23(27)21-32(29,30)31/h23,27H,1,4-21H2,2-3H3/p+1. The zero-order valence-electron chi connectivity index (χ0n) is 20.4. The summed E-state index contributed by atoms with van der Waals surface area (Å²) in [4.78, 5) is 13.9. The molecule has 1 aliphatic rings. The zero-order valence-corrected chi connectivity index (χ0v) is 21.3. The van der Waals surface area contributed by atoms with E-state index >= 15 is 0 Å². The average Bonchev–Trinajstić information content (AvgIpc) is 2.68. The number of piperazine rings is 1. The smallest absolute Gasteiger partial charge is 0.267 e. The molecule has 1 atom stereocenters. The molecule has 2 N–H and O–H groups in total. The van der Waals surface area contributed by atoms with Gasteiger partial charge in [0.15, 0.2) is 5.78 Å². The number of carbonyl (C=O) groups is 1. The Kier molecular flexibility index (Phi) is 13.9. The van der Waals surface area contributed by atoms with Crippen LogP contribution in [0.15, 0.2) is 12.2 Å². The van der Waals surface area contributed by atoms with Crippen LogP contribution in [-0.4, -0.2) is 91.4 Å². The normalized spacial score (nSPS) is 17.9. The minimum absolute atomic E-state index is 0.206. The van der Waals surface area contributed by atoms with E-state index < -0.39 is 22.0 Å². The van der Waals surface area contributed by atoms with Crippen molar-refractivity contribution in [1.82, 2.24) is 4.90 Å². The molecule has 0 amide bonds. The molecule has 0 aromatic heterocycles. The third kappa shape index (κ3) is 14.4. The lowest BCUT2D eigenvalue weighted by molar-refractivity contribution is -0.916. The van der Waals surface area contributed by atoms with Crippen LogP contribution in [0.25, 0.3) is 0 Å². The van der Waals surface area contributed by atoms with Crippen molar-refractivity contribution in [3.8, 4) is 0 Å². The molecular weight excluding hydrogens is 428 g/mol. The first-order valence-corrected chi connectivity index (χ1v) is 14.0. The fraction of sp³-hybridized carbons (Fsp3) is 0.875. The Balaban J connectivity index is 1.96. The molecule has 0 spiro atoms. The number of unbranched alkanes of at least 4 members (excludes halogenated alkanes) is 9. The maximum absolute atomic E-state index is 11.5. The second-order valence-electron chi connectivity index (χ2n) is 9.98. The number of allylic oxidation sites excluding steroid dienone is 1. The number of ketones is 1. The number of aliphatic hydroxyl groups excluding tert-OH is 1. The van der Waals surface area contributed by atoms with Crippen molar-refractivity contribution in [3.63, 3.8) is 0 Å². The third-order valence-electron chi connectivity index (χ3n) is 6.57. The van der Waals surface area contributed by atoms with E-state index in [1.807, 2.05) is 7.05 Å². The topological polar surface area (TPSA) is 94.9 Å². The van der Waals surface area contributed by atoms with Crippen molar-refractivity contribution in [2.24, 2.45) is 0 Å². The average molecular weight is 476 g/mol. The number of carbonyl (C=O) groups excluding carboxylic acids is 1. The summed E-state index contributed by atoms with van der Waals surface area (Å²) in [5, 5.41) is 9.94. The van der Waals surface area contributed by atoms with Gasteiger partial charge in [-0.05, 0) is 31.9 Å². The molecule has 1 rings (SSSR count). The number of nitrogens with zero attached hydrogens (tertiary/aromatic N) is 2. The number of hydrogen-bond acceptors (Lipinski definition) is 5. The van der Waals surface area contributed by atoms with Crippen LogP contribution in [0.4, 0.5) is 0 Å². The second-order valence-corrected chi connectivity index (χ2v) is 11.5. The monoisotopic (exact) mass is 475 g/mol. The largest absolute Gasteiger partial charge is 0.386 e. The third-order valence-corrected chi connectivity index (χ3v) is 7.38. The van der Waals surface area contributed by atoms with E-state index in [2.05, 4.69) is 11.5 Å². The fourth-order valence-electron chi connectivity index (χ4n) is 4.45. The van der Waals surface area contributed by atoms with Gasteiger partial charge in [-0.2, -0.15) is 8.42 Å². The van der Waals surface area contributed by atoms with Gasteiger partial charge in [0.1, 0.15) is 18.4 Å². The molecular formula is C24H47N2O5S+. The summed E-state index contributed by atoms with van der Waals surface area (Å²) >= 11 is 0. The van der Waals surface area contributed by atoms with Gasteiger partial charge in [-0.15, -0.1) is 0 Å². The number of aliphatic hydroxyl groups is 1. The first-order chi connectivity index (χ1) is 15.0. The van der Waals surface area contributed by atoms with Gasteiger partial charge in [-0.3, -0.25) is 14.2 Å². The van der Waals surface area contributed by atoms with Gasteiger partial charge in [0.2, 0.25) is 0 Å². The van der Waals surface area contributed by atoms with Gasteiger partial charge in [-0.25, -0.2) is 0 Å². The highest BCUT2D eigenvalue weighted by molar-refractivity contribution is 7.85. The fourth-order valence-corrected chi connectivity index (χ4v) is 5.04. The molecule has 32 heavy (non-hydrogen) atoms. The Morgan fingerprint density at radius 1 is 0.969 bits per heavy atom. The number of hydrogen-bond donors (Lipinski definition) is 2. The van der Waals surface area contributed by atoms with Crippen molar-refractivity contribution in [2.45, 2.75) is 83.7 Å². The summed E-state index contributed by atoms with van der Waals surface area (Å²) in [5.41, 5.74) is 0.677. The van der Waals surface area contributed by atoms with Crippen molar-refractivity contribution in [3.05, 3.63) is 12.2 Å². The van der Waals surface area contributed by atoms with Gasteiger partial charge in [0.05, 0.1) is 20.1 Å². The van der Waals surface area contributed by atoms with Crippen LogP contribution in [0, 0.1) is 0 Å². The molecule has 0 aromatic rings. The van der Waals surface area contributed by atoms with Crippen LogP contribution in [0.1, 0.15) is 77.6 Å². The molecule has 0 aliphatic carbocycles. The van der Waals surface area contributed by atoms with Crippen molar-refractivity contribution in [2.75, 3.05) is 52.1 Å². The molecule has 0 saturated carbocycles. The van der Waals surface area contributed by atoms with Crippen molar-refractivity contribution >= 4 is 15.9 Å². The molecule has 1 saturated heterocycles. The lowest BCUT2D eigenvalue weighted by Crippen LogP contribution is -2.60. The van der Waals surface area contributed by atoms with E-state index in [0.717, 1.165) is 45.6 Å². The van der Waals surface area contributed by atoms with Gasteiger partial charge in [-0.1, -0.05) is 57.9 Å². The minimum atomic E-state index is -4.13. The van der Waals surface area contributed by atoms with E-state index in [1.165, 1.54) is 51.4 Å². The molecule has 1 aliphatic heterocycles. The molecule has 188 valence electrons. The van der Waals surface area contributed by atoms with Crippen LogP contribution in [0.5, 0.6) is 0 Å². The molecule has 8 heteroatoms. The van der Waals surface area contributed by atoms with Gasteiger partial charge < -0.3 is 9.59 Å². The maximum atomic E-state index is 11.5. The van der Waals surface area contributed by atoms with Crippen LogP contribution >= 0.6 is 0 Å². The Bertz CT molecular complexity index is 657. The van der Waals surface area contributed by atoms with Crippen molar-refractivity contribution in [1.29, 1.82) is 0 Å². The zero-order chi connectivity index (χ0) is 24.0. The SMILES string of the molecule is C=C(C)C(=O)CCCCCCCCCCCCN1CC[N+](C)(CC(O)CS(=O)(=O)O)CC1. The van der Waals surface area contributed by atoms with Gasteiger partial charge in [0, 0.05) is 19.5 Å². The Morgan fingerprint density at radius 3 is 1.91 bits per heavy atom. The van der Waals surface area contributed by atoms with E-state index in [4.69, 9.17) is 4.55 Å². The van der Waals surface area contributed by atoms with Crippen molar-refractivity contribution < 1.29 is 27.4 Å². The molecule has 0 radical (unpaired) electrons. The highest BCUT2D eigenvalue weighted by atomic mass is 32.2. The predicted octanol–water partition coefficient (Wildman–Crippen LogP) is 3.43. The maximum Gasteiger partial charge on any atom is 0.267 e. The molecule has 0 bridgehead atoms. The Hall–Kier alpha value is -0.800. The van der Waals surface area contributed by atoms with Crippen LogP contribution < -0.4 is 0 Å². The summed E-state index contributed by atoms with van der Waals surface area (Å²) < 4.78 is 31.4. The molecule has 7 nitrogen and oxygen atoms in total. The number of quaternary nitrogens is 1. The molecule has 1 unspecified atom stereocenters. The Labute approximate surface area is 196 Å². The van der Waals surface area contributed by atoms with Crippen LogP contribution in [-0.2, 0) is 14.9 Å². The number of likely N-dealkylation sites (N-methyl/N-ethyl adjacent to an activating group) is 1.